The number of nitrogens with zero attached hydrogens (tertiary/aromatic N) is 6. The number of nitrogens with one attached hydrogen (secondary N) is 1. The number of aliphatic carboxylic acids is 1. The van der Waals surface area contributed by atoms with Gasteiger partial charge in [-0.05, 0) is 0 Å². The molecule has 1 fully saturated rings. The Morgan fingerprint density at radius 1 is 1.24 bits per heavy atom. The molecule has 0 radical (unpaired) electrons. The Morgan fingerprint density at radius 3 is 2.63 bits per heavy atom. The van der Waals surface area contributed by atoms with Gasteiger partial charge in [0.2, 0.25) is 11.5 Å². The van der Waals surface area contributed by atoms with E-state index < -0.39 is 35.2 Å². The van der Waals surface area contributed by atoms with Crippen LogP contribution < -0.4 is 15.6 Å². The molecule has 5 N–H and O–H groups in total. The number of amides is 2. The molecule has 3 aromatic heterocycles. The Bertz CT molecular complexity index is 1610. The highest BCUT2D eigenvalue weighted by Gasteiger charge is 2.54. The highest BCUT2D eigenvalue weighted by Crippen LogP contribution is 2.46. The highest BCUT2D eigenvalue weighted by molar-refractivity contribution is 8.07. The number of hydrogen-bond acceptors (Lipinski definition) is 14. The lowest BCUT2D eigenvalue weighted by Gasteiger charge is -2.49. The maximum Gasteiger partial charge on any atom is 0.353 e. The number of pyridine rings is 1. The van der Waals surface area contributed by atoms with E-state index in [2.05, 4.69) is 24.8 Å². The third-order valence-electron chi connectivity index (χ3n) is 5.67. The smallest absolute Gasteiger partial charge is 0.353 e. The minimum absolute atomic E-state index is 0.0374. The van der Waals surface area contributed by atoms with Crippen LogP contribution in [0.15, 0.2) is 50.7 Å². The van der Waals surface area contributed by atoms with Crippen LogP contribution in [0.3, 0.4) is 0 Å². The Kier molecular flexibility index (Phi) is 8.20. The van der Waals surface area contributed by atoms with E-state index in [1.165, 1.54) is 18.9 Å². The van der Waals surface area contributed by atoms with E-state index in [9.17, 15) is 29.4 Å². The van der Waals surface area contributed by atoms with Gasteiger partial charge in [-0.15, -0.1) is 11.8 Å². The molecule has 41 heavy (non-hydrogen) atoms. The molecule has 2 amide bonds. The van der Waals surface area contributed by atoms with Gasteiger partial charge in [-0.1, -0.05) is 34.3 Å². The number of rotatable bonds is 10. The molecule has 1 unspecified atom stereocenters. The summed E-state index contributed by atoms with van der Waals surface area (Å²) >= 11 is 4.03. The predicted octanol–water partition coefficient (Wildman–Crippen LogP) is 0.450. The number of oxime groups is 1. The summed E-state index contributed by atoms with van der Waals surface area (Å²) in [6.07, 6.45) is 3.55. The standard InChI is InChI=1S/C22H18N8O7S4/c1-37-27-11(15-26-21(23)41-28-15)16(31)25-12-17(32)30-13(19(33)34)10(8-38-18(12)30)39-22-24-9(14(40-22)20(35)36)7-29-5-3-2-4-6-29/h2-6,12,18H,7-8H2,1H3,(H4-,23,25,26,28,31,33,34,35,36)/p+1/b27-11-/t12-,18?/m1/s1. The first kappa shape index (κ1) is 28.5. The minimum Gasteiger partial charge on any atom is -0.477 e. The lowest BCUT2D eigenvalue weighted by atomic mass is 10.0. The molecule has 0 aromatic carbocycles. The predicted molar refractivity (Wildman–Crippen MR) is 148 cm³/mol. The molecule has 0 saturated carbocycles. The van der Waals surface area contributed by atoms with Gasteiger partial charge < -0.3 is 26.1 Å². The molecule has 0 spiro atoms. The van der Waals surface area contributed by atoms with Crippen molar-refractivity contribution >= 4 is 81.0 Å². The Hall–Kier alpha value is -4.07. The van der Waals surface area contributed by atoms with Crippen LogP contribution in [-0.2, 0) is 25.8 Å². The van der Waals surface area contributed by atoms with Crippen molar-refractivity contribution in [2.75, 3.05) is 18.6 Å². The quantitative estimate of drug-likeness (QED) is 0.103. The van der Waals surface area contributed by atoms with Crippen molar-refractivity contribution in [2.24, 2.45) is 5.16 Å². The Balaban J connectivity index is 1.35. The summed E-state index contributed by atoms with van der Waals surface area (Å²) in [6, 6.07) is 4.40. The molecular weight excluding hydrogens is 617 g/mol. The fourth-order valence-corrected chi connectivity index (χ4v) is 8.03. The van der Waals surface area contributed by atoms with Crippen molar-refractivity contribution in [1.29, 1.82) is 0 Å². The number of thioether (sulfide) groups is 2. The number of anilines is 1. The van der Waals surface area contributed by atoms with Gasteiger partial charge in [-0.25, -0.2) is 14.6 Å². The molecule has 0 aliphatic carbocycles. The zero-order valence-corrected chi connectivity index (χ0v) is 24.1. The third kappa shape index (κ3) is 5.73. The van der Waals surface area contributed by atoms with E-state index in [0.29, 0.717) is 14.9 Å². The number of nitrogens with two attached hydrogens (primary N) is 1. The number of aromatic carboxylic acids is 1. The second-order valence-corrected chi connectivity index (χ2v) is 12.5. The lowest BCUT2D eigenvalue weighted by Crippen LogP contribution is -2.71. The number of β-lactam (4-membered cyclic amide) rings is 1. The largest absolute Gasteiger partial charge is 0.477 e. The van der Waals surface area contributed by atoms with Crippen molar-refractivity contribution in [1.82, 2.24) is 24.6 Å². The van der Waals surface area contributed by atoms with Crippen molar-refractivity contribution < 1.29 is 38.8 Å². The van der Waals surface area contributed by atoms with E-state index in [4.69, 9.17) is 10.6 Å². The number of thiazole rings is 1. The lowest BCUT2D eigenvalue weighted by molar-refractivity contribution is -0.688. The summed E-state index contributed by atoms with van der Waals surface area (Å²) < 4.78 is 6.04. The zero-order chi connectivity index (χ0) is 29.3. The number of nitrogen functional groups attached to an aromatic ring is 1. The Labute approximate surface area is 247 Å². The van der Waals surface area contributed by atoms with Crippen molar-refractivity contribution in [3.05, 3.63) is 57.6 Å². The summed E-state index contributed by atoms with van der Waals surface area (Å²) in [5.74, 6) is -3.81. The van der Waals surface area contributed by atoms with Crippen LogP contribution >= 0.6 is 46.4 Å². The fraction of sp³-hybridized carbons (Fsp3) is 0.227. The molecule has 19 heteroatoms. The van der Waals surface area contributed by atoms with Gasteiger partial charge in [0.15, 0.2) is 28.4 Å². The maximum atomic E-state index is 13.1. The Morgan fingerprint density at radius 2 is 2.00 bits per heavy atom. The molecule has 1 saturated heterocycles. The summed E-state index contributed by atoms with van der Waals surface area (Å²) in [7, 11) is 1.23. The van der Waals surface area contributed by atoms with E-state index >= 15 is 0 Å². The topological polar surface area (TPSA) is 214 Å². The van der Waals surface area contributed by atoms with Crippen molar-refractivity contribution in [3.63, 3.8) is 0 Å². The molecule has 2 aliphatic rings. The summed E-state index contributed by atoms with van der Waals surface area (Å²) in [6.45, 7) is 0.213. The second-order valence-electron chi connectivity index (χ2n) is 8.23. The number of fused-ring (bicyclic) bond motifs is 1. The molecule has 2 atom stereocenters. The maximum absolute atomic E-state index is 13.1. The third-order valence-corrected chi connectivity index (χ3v) is 9.90. The number of carbonyl (C=O) groups excluding carboxylic acids is 2. The summed E-state index contributed by atoms with van der Waals surface area (Å²) in [5, 5.41) is 25.3. The number of carbonyl (C=O) groups is 4. The van der Waals surface area contributed by atoms with Gasteiger partial charge in [-0.3, -0.25) is 14.5 Å². The molecule has 212 valence electrons. The number of aromatic nitrogens is 4. The monoisotopic (exact) mass is 635 g/mol. The van der Waals surface area contributed by atoms with Crippen LogP contribution in [0, 0.1) is 0 Å². The van der Waals surface area contributed by atoms with E-state index in [1.54, 1.807) is 29.1 Å². The fourth-order valence-electron chi connectivity index (χ4n) is 3.95. The summed E-state index contributed by atoms with van der Waals surface area (Å²) in [4.78, 5) is 64.7. The zero-order valence-electron chi connectivity index (χ0n) is 20.8. The van der Waals surface area contributed by atoms with E-state index in [1.807, 2.05) is 6.07 Å². The van der Waals surface area contributed by atoms with Gasteiger partial charge in [0.1, 0.15) is 34.8 Å². The number of hydrogen-bond donors (Lipinski definition) is 4. The van der Waals surface area contributed by atoms with Crippen LogP contribution in [0.1, 0.15) is 21.2 Å². The van der Waals surface area contributed by atoms with Crippen LogP contribution in [0.2, 0.25) is 0 Å². The van der Waals surface area contributed by atoms with Gasteiger partial charge in [0.25, 0.3) is 11.8 Å². The minimum atomic E-state index is -1.34. The van der Waals surface area contributed by atoms with Gasteiger partial charge in [0.05, 0.1) is 0 Å². The number of carboxylic acid groups (broad SMARTS) is 2. The average Bonchev–Trinajstić information content (AvgIpc) is 3.56. The molecule has 5 rings (SSSR count). The summed E-state index contributed by atoms with van der Waals surface area (Å²) in [5.41, 5.74) is 5.37. The van der Waals surface area contributed by atoms with Gasteiger partial charge in [0, 0.05) is 34.3 Å². The molecule has 3 aromatic rings. The van der Waals surface area contributed by atoms with Crippen molar-refractivity contribution in [2.45, 2.75) is 22.3 Å². The van der Waals surface area contributed by atoms with E-state index in [0.717, 1.165) is 39.5 Å². The van der Waals surface area contributed by atoms with E-state index in [-0.39, 0.29) is 39.5 Å². The van der Waals surface area contributed by atoms with Gasteiger partial charge >= 0.3 is 11.9 Å². The first-order chi connectivity index (χ1) is 19.7. The number of carboxylic acids is 2. The normalized spacial score (nSPS) is 18.5. The molecule has 5 heterocycles. The molecule has 2 aliphatic heterocycles. The van der Waals surface area contributed by atoms with Crippen LogP contribution in [0.5, 0.6) is 0 Å². The van der Waals surface area contributed by atoms with Crippen molar-refractivity contribution in [3.8, 4) is 0 Å². The van der Waals surface area contributed by atoms with Crippen LogP contribution in [0.4, 0.5) is 5.13 Å². The molecular formula is C22H19N8O7S4+. The van der Waals surface area contributed by atoms with Crippen LogP contribution in [0.25, 0.3) is 0 Å². The SMILES string of the molecule is CO/N=C(\C(=O)N[C@@H]1C(=O)N2C(C(=O)O)=C(Sc3nc(C[n+]4ccccc4)c(C(=O)O)s3)CSC12)c1nsc(N)n1. The second kappa shape index (κ2) is 11.8. The molecule has 0 bridgehead atoms. The average molecular weight is 636 g/mol. The highest BCUT2D eigenvalue weighted by atomic mass is 32.2. The molecule has 15 nitrogen and oxygen atoms in total. The first-order valence-electron chi connectivity index (χ1n) is 11.5. The van der Waals surface area contributed by atoms with Crippen LogP contribution in [-0.4, -0.2) is 83.2 Å². The van der Waals surface area contributed by atoms with Gasteiger partial charge in [-0.2, -0.15) is 13.9 Å². The first-order valence-corrected chi connectivity index (χ1v) is 14.9.